The summed E-state index contributed by atoms with van der Waals surface area (Å²) in [4.78, 5) is 10.1. The molecule has 0 bridgehead atoms. The quantitative estimate of drug-likeness (QED) is 0.160. The van der Waals surface area contributed by atoms with Gasteiger partial charge in [-0.05, 0) is 116 Å². The Kier molecular flexibility index (Phi) is 8.74. The summed E-state index contributed by atoms with van der Waals surface area (Å²) in [5.41, 5.74) is 17.8. The highest BCUT2D eigenvalue weighted by molar-refractivity contribution is 6.11. The van der Waals surface area contributed by atoms with Gasteiger partial charge in [0.1, 0.15) is 5.82 Å². The molecule has 1 aliphatic carbocycles. The van der Waals surface area contributed by atoms with Crippen molar-refractivity contribution in [3.63, 3.8) is 0 Å². The molecule has 0 spiro atoms. The molecule has 1 aliphatic heterocycles. The first-order valence-corrected chi connectivity index (χ1v) is 22.4. The van der Waals surface area contributed by atoms with Gasteiger partial charge in [-0.25, -0.2) is 4.98 Å². The van der Waals surface area contributed by atoms with Crippen molar-refractivity contribution in [2.45, 2.75) is 38.1 Å². The van der Waals surface area contributed by atoms with Crippen LogP contribution in [0.2, 0.25) is 0 Å². The van der Waals surface area contributed by atoms with Gasteiger partial charge >= 0.3 is 0 Å². The molecule has 2 aromatic heterocycles. The Morgan fingerprint density at radius 1 is 0.516 bits per heavy atom. The molecule has 64 heavy (non-hydrogen) atoms. The predicted octanol–water partition coefficient (Wildman–Crippen LogP) is 14.6. The van der Waals surface area contributed by atoms with Crippen LogP contribution in [-0.2, 0) is 17.4 Å². The zero-order valence-corrected chi connectivity index (χ0v) is 36.4. The third-order valence-electron chi connectivity index (χ3n) is 13.7. The molecule has 2 aliphatic rings. The summed E-state index contributed by atoms with van der Waals surface area (Å²) >= 11 is 0. The molecule has 10 aromatic rings. The molecule has 0 atom stereocenters. The van der Waals surface area contributed by atoms with E-state index in [4.69, 9.17) is 4.98 Å². The second kappa shape index (κ2) is 14.7. The molecule has 8 aromatic carbocycles. The van der Waals surface area contributed by atoms with Crippen molar-refractivity contribution in [2.75, 3.05) is 16.5 Å². The summed E-state index contributed by atoms with van der Waals surface area (Å²) in [6, 6.07) is 76.4. The lowest BCUT2D eigenvalue weighted by Gasteiger charge is -2.35. The van der Waals surface area contributed by atoms with Gasteiger partial charge in [-0.15, -0.1) is 0 Å². The van der Waals surface area contributed by atoms with Crippen molar-refractivity contribution < 1.29 is 0 Å². The minimum absolute atomic E-state index is 0.0388. The number of hydrogen-bond donors (Lipinski definition) is 0. The largest absolute Gasteiger partial charge is 0.347 e. The van der Waals surface area contributed by atoms with Crippen LogP contribution in [0.4, 0.5) is 17.1 Å². The zero-order chi connectivity index (χ0) is 43.0. The standard InChI is InChI=1S/C60H48N4/c1-59(2,3)44-33-34-61-58(38-44)64-54-32-29-43(42-19-8-5-9-20-42)35-51(54)50-31-30-46(37-57(50)64)60(52-25-12-10-23-48(52)49-24-11-13-26-53(49)60)45-21-16-22-47(36-45)63-40-62(39-41-17-6-4-7-18-41)55-27-14-15-28-56(55)63/h4-38H,39-40H2,1-3H3. The average Bonchev–Trinajstić information content (AvgIpc) is 3.98. The Bertz CT molecular complexity index is 3350. The second-order valence-electron chi connectivity index (χ2n) is 18.5. The highest BCUT2D eigenvalue weighted by atomic mass is 15.4. The van der Waals surface area contributed by atoms with E-state index in [1.807, 2.05) is 6.20 Å². The second-order valence-corrected chi connectivity index (χ2v) is 18.5. The minimum Gasteiger partial charge on any atom is -0.347 e. The number of fused-ring (bicyclic) bond motifs is 7. The lowest BCUT2D eigenvalue weighted by atomic mass is 9.67. The molecular weight excluding hydrogens is 777 g/mol. The molecule has 4 nitrogen and oxygen atoms in total. The van der Waals surface area contributed by atoms with Crippen molar-refractivity contribution in [1.29, 1.82) is 0 Å². The number of benzene rings is 8. The fourth-order valence-corrected chi connectivity index (χ4v) is 10.7. The number of rotatable bonds is 7. The van der Waals surface area contributed by atoms with Crippen LogP contribution in [0.3, 0.4) is 0 Å². The number of pyridine rings is 1. The van der Waals surface area contributed by atoms with Gasteiger partial charge in [0.25, 0.3) is 0 Å². The molecule has 3 heterocycles. The summed E-state index contributed by atoms with van der Waals surface area (Å²) in [5.74, 6) is 0.924. The van der Waals surface area contributed by atoms with E-state index in [1.54, 1.807) is 0 Å². The van der Waals surface area contributed by atoms with Crippen LogP contribution in [0.1, 0.15) is 54.2 Å². The number of aromatic nitrogens is 2. The highest BCUT2D eigenvalue weighted by Gasteiger charge is 2.46. The smallest absolute Gasteiger partial charge is 0.137 e. The molecular formula is C60H48N4. The van der Waals surface area contributed by atoms with E-state index in [2.05, 4.69) is 241 Å². The fourth-order valence-electron chi connectivity index (χ4n) is 10.7. The molecule has 4 heteroatoms. The van der Waals surface area contributed by atoms with Gasteiger partial charge in [0.15, 0.2) is 0 Å². The topological polar surface area (TPSA) is 24.3 Å². The Labute approximate surface area is 375 Å². The first kappa shape index (κ1) is 38.0. The van der Waals surface area contributed by atoms with Crippen LogP contribution in [0.25, 0.3) is 49.9 Å². The Hall–Kier alpha value is -7.69. The van der Waals surface area contributed by atoms with Gasteiger partial charge < -0.3 is 9.80 Å². The van der Waals surface area contributed by atoms with Crippen LogP contribution >= 0.6 is 0 Å². The SMILES string of the molecule is CC(C)(C)c1ccnc(-n2c3ccc(-c4ccccc4)cc3c3ccc(C4(c5cccc(N6CN(Cc7ccccc7)c7ccccc76)c5)c5ccccc5-c5ccccc54)cc32)c1. The fraction of sp³-hybridized carbons (Fsp3) is 0.117. The van der Waals surface area contributed by atoms with E-state index in [0.717, 1.165) is 30.1 Å². The molecule has 0 fully saturated rings. The Morgan fingerprint density at radius 2 is 1.19 bits per heavy atom. The van der Waals surface area contributed by atoms with E-state index < -0.39 is 5.41 Å². The van der Waals surface area contributed by atoms with Gasteiger partial charge in [0, 0.05) is 29.2 Å². The molecule has 12 rings (SSSR count). The van der Waals surface area contributed by atoms with Crippen LogP contribution in [0.5, 0.6) is 0 Å². The van der Waals surface area contributed by atoms with Gasteiger partial charge in [-0.2, -0.15) is 0 Å². The van der Waals surface area contributed by atoms with Gasteiger partial charge in [0.05, 0.1) is 34.5 Å². The first-order valence-electron chi connectivity index (χ1n) is 22.4. The summed E-state index contributed by atoms with van der Waals surface area (Å²) in [5, 5.41) is 2.41. The molecule has 0 amide bonds. The monoisotopic (exact) mass is 824 g/mol. The summed E-state index contributed by atoms with van der Waals surface area (Å²) in [6.07, 6.45) is 1.98. The molecule has 0 saturated carbocycles. The lowest BCUT2D eigenvalue weighted by Crippen LogP contribution is -2.30. The number of para-hydroxylation sites is 2. The normalized spacial score (nSPS) is 13.9. The van der Waals surface area contributed by atoms with Gasteiger partial charge in [-0.1, -0.05) is 172 Å². The third-order valence-corrected chi connectivity index (χ3v) is 13.7. The van der Waals surface area contributed by atoms with E-state index in [9.17, 15) is 0 Å². The van der Waals surface area contributed by atoms with Crippen LogP contribution in [0.15, 0.2) is 212 Å². The van der Waals surface area contributed by atoms with Gasteiger partial charge in [-0.3, -0.25) is 4.57 Å². The van der Waals surface area contributed by atoms with Crippen molar-refractivity contribution >= 4 is 38.9 Å². The van der Waals surface area contributed by atoms with Crippen LogP contribution < -0.4 is 9.80 Å². The maximum atomic E-state index is 5.11. The minimum atomic E-state index is -0.614. The summed E-state index contributed by atoms with van der Waals surface area (Å²) in [7, 11) is 0. The van der Waals surface area contributed by atoms with E-state index >= 15 is 0 Å². The van der Waals surface area contributed by atoms with Crippen molar-refractivity contribution in [2.24, 2.45) is 0 Å². The third kappa shape index (κ3) is 5.93. The zero-order valence-electron chi connectivity index (χ0n) is 36.4. The average molecular weight is 825 g/mol. The number of anilines is 3. The van der Waals surface area contributed by atoms with E-state index in [1.165, 1.54) is 83.5 Å². The van der Waals surface area contributed by atoms with E-state index in [0.29, 0.717) is 0 Å². The number of hydrogen-bond acceptors (Lipinski definition) is 3. The van der Waals surface area contributed by atoms with Gasteiger partial charge in [0.2, 0.25) is 0 Å². The van der Waals surface area contributed by atoms with Crippen molar-refractivity contribution in [3.8, 4) is 28.1 Å². The number of nitrogens with zero attached hydrogens (tertiary/aromatic N) is 4. The predicted molar refractivity (Wildman–Crippen MR) is 266 cm³/mol. The summed E-state index contributed by atoms with van der Waals surface area (Å²) < 4.78 is 2.40. The van der Waals surface area contributed by atoms with E-state index in [-0.39, 0.29) is 5.41 Å². The molecule has 0 unspecified atom stereocenters. The van der Waals surface area contributed by atoms with Crippen molar-refractivity contribution in [1.82, 2.24) is 9.55 Å². The Morgan fingerprint density at radius 3 is 1.94 bits per heavy atom. The van der Waals surface area contributed by atoms with Crippen LogP contribution in [0, 0.1) is 0 Å². The first-order chi connectivity index (χ1) is 31.4. The van der Waals surface area contributed by atoms with Crippen LogP contribution in [-0.4, -0.2) is 16.2 Å². The maximum absolute atomic E-state index is 5.11. The molecule has 0 N–H and O–H groups in total. The molecule has 0 radical (unpaired) electrons. The highest BCUT2D eigenvalue weighted by Crippen LogP contribution is 2.57. The lowest BCUT2D eigenvalue weighted by molar-refractivity contribution is 0.588. The Balaban J connectivity index is 1.10. The molecule has 0 saturated heterocycles. The summed E-state index contributed by atoms with van der Waals surface area (Å²) in [6.45, 7) is 8.42. The maximum Gasteiger partial charge on any atom is 0.137 e. The molecule has 308 valence electrons. The van der Waals surface area contributed by atoms with Crippen molar-refractivity contribution in [3.05, 3.63) is 246 Å².